The molecule has 3 aromatic rings. The molecule has 2 heterocycles. The Hall–Kier alpha value is -3.65. The molecule has 8 nitrogen and oxygen atoms in total. The van der Waals surface area contributed by atoms with Crippen LogP contribution in [0.4, 0.5) is 0 Å². The first-order valence-corrected chi connectivity index (χ1v) is 11.6. The maximum atomic E-state index is 13.7. The summed E-state index contributed by atoms with van der Waals surface area (Å²) < 4.78 is 7.22. The van der Waals surface area contributed by atoms with Crippen LogP contribution in [-0.2, 0) is 11.3 Å². The zero-order valence-electron chi connectivity index (χ0n) is 19.7. The summed E-state index contributed by atoms with van der Waals surface area (Å²) >= 11 is 0. The first-order valence-electron chi connectivity index (χ1n) is 11.6. The fourth-order valence-electron chi connectivity index (χ4n) is 4.20. The van der Waals surface area contributed by atoms with Crippen molar-refractivity contribution in [2.24, 2.45) is 0 Å². The van der Waals surface area contributed by atoms with Gasteiger partial charge in [-0.05, 0) is 24.1 Å². The molecule has 1 N–H and O–H groups in total. The van der Waals surface area contributed by atoms with Gasteiger partial charge in [-0.15, -0.1) is 0 Å². The van der Waals surface area contributed by atoms with Gasteiger partial charge >= 0.3 is 0 Å². The second kappa shape index (κ2) is 11.0. The molecule has 1 aliphatic heterocycles. The summed E-state index contributed by atoms with van der Waals surface area (Å²) in [6, 6.07) is 17.7. The highest BCUT2D eigenvalue weighted by molar-refractivity contribution is 6.00. The third kappa shape index (κ3) is 5.63. The zero-order chi connectivity index (χ0) is 23.9. The van der Waals surface area contributed by atoms with Gasteiger partial charge in [0.25, 0.3) is 5.91 Å². The second-order valence-electron chi connectivity index (χ2n) is 8.40. The lowest BCUT2D eigenvalue weighted by molar-refractivity contribution is -0.121. The van der Waals surface area contributed by atoms with E-state index >= 15 is 0 Å². The number of hydrogen-bond acceptors (Lipinski definition) is 5. The predicted octanol–water partition coefficient (Wildman–Crippen LogP) is 2.50. The SMILES string of the molecule is CNC(=O)CN1CCCN(C(=O)c2cn(Cc3ccccc3)nc2-c2cccc(OC)c2)CC1. The smallest absolute Gasteiger partial charge is 0.257 e. The molecule has 1 saturated heterocycles. The van der Waals surface area contributed by atoms with Gasteiger partial charge in [-0.3, -0.25) is 19.2 Å². The van der Waals surface area contributed by atoms with Gasteiger partial charge in [-0.25, -0.2) is 0 Å². The van der Waals surface area contributed by atoms with E-state index in [0.717, 1.165) is 24.1 Å². The lowest BCUT2D eigenvalue weighted by Gasteiger charge is -2.21. The Morgan fingerprint density at radius 3 is 2.62 bits per heavy atom. The number of ether oxygens (including phenoxy) is 1. The van der Waals surface area contributed by atoms with Gasteiger partial charge in [0.1, 0.15) is 11.4 Å². The summed E-state index contributed by atoms with van der Waals surface area (Å²) in [6.07, 6.45) is 2.66. The summed E-state index contributed by atoms with van der Waals surface area (Å²) in [5.41, 5.74) is 3.17. The summed E-state index contributed by atoms with van der Waals surface area (Å²) in [4.78, 5) is 29.4. The fraction of sp³-hybridized carbons (Fsp3) is 0.346. The van der Waals surface area contributed by atoms with Crippen LogP contribution >= 0.6 is 0 Å². The van der Waals surface area contributed by atoms with Gasteiger partial charge in [0.2, 0.25) is 5.91 Å². The molecule has 0 unspecified atom stereocenters. The molecule has 34 heavy (non-hydrogen) atoms. The van der Waals surface area contributed by atoms with Crippen molar-refractivity contribution in [3.63, 3.8) is 0 Å². The summed E-state index contributed by atoms with van der Waals surface area (Å²) in [5, 5.41) is 7.47. The van der Waals surface area contributed by atoms with Crippen LogP contribution in [-0.4, -0.2) is 78.3 Å². The van der Waals surface area contributed by atoms with Gasteiger partial charge in [-0.2, -0.15) is 5.10 Å². The molecular formula is C26H31N5O3. The third-order valence-corrected chi connectivity index (χ3v) is 6.04. The molecule has 178 valence electrons. The zero-order valence-corrected chi connectivity index (χ0v) is 19.7. The molecule has 4 rings (SSSR count). The Morgan fingerprint density at radius 2 is 1.85 bits per heavy atom. The van der Waals surface area contributed by atoms with E-state index in [1.165, 1.54) is 0 Å². The summed E-state index contributed by atoms with van der Waals surface area (Å²) in [5.74, 6) is 0.661. The first kappa shape index (κ1) is 23.5. The monoisotopic (exact) mass is 461 g/mol. The number of rotatable bonds is 7. The van der Waals surface area contributed by atoms with Crippen LogP contribution in [0.15, 0.2) is 60.8 Å². The van der Waals surface area contributed by atoms with Crippen LogP contribution in [0.2, 0.25) is 0 Å². The van der Waals surface area contributed by atoms with E-state index in [9.17, 15) is 9.59 Å². The number of nitrogens with one attached hydrogen (secondary N) is 1. The lowest BCUT2D eigenvalue weighted by Crippen LogP contribution is -2.39. The van der Waals surface area contributed by atoms with E-state index < -0.39 is 0 Å². The van der Waals surface area contributed by atoms with Crippen molar-refractivity contribution in [3.8, 4) is 17.0 Å². The standard InChI is InChI=1S/C26H31N5O3/c1-27-24(32)19-29-12-7-13-30(15-14-29)26(33)23-18-31(17-20-8-4-3-5-9-20)28-25(23)21-10-6-11-22(16-21)34-2/h3-6,8-11,16,18H,7,12-15,17,19H2,1-2H3,(H,27,32). The molecule has 0 spiro atoms. The maximum absolute atomic E-state index is 13.7. The molecule has 8 heteroatoms. The summed E-state index contributed by atoms with van der Waals surface area (Å²) in [6.45, 7) is 3.58. The van der Waals surface area contributed by atoms with E-state index in [0.29, 0.717) is 49.7 Å². The normalized spacial score (nSPS) is 14.5. The Labute approximate surface area is 200 Å². The highest BCUT2D eigenvalue weighted by atomic mass is 16.5. The van der Waals surface area contributed by atoms with Crippen molar-refractivity contribution in [2.45, 2.75) is 13.0 Å². The molecule has 1 aromatic heterocycles. The molecule has 1 fully saturated rings. The van der Waals surface area contributed by atoms with E-state index in [2.05, 4.69) is 10.2 Å². The van der Waals surface area contributed by atoms with Crippen molar-refractivity contribution in [1.29, 1.82) is 0 Å². The molecule has 0 radical (unpaired) electrons. The van der Waals surface area contributed by atoms with Crippen molar-refractivity contribution in [2.75, 3.05) is 46.9 Å². The number of benzene rings is 2. The molecule has 2 amide bonds. The topological polar surface area (TPSA) is 79.7 Å². The Balaban J connectivity index is 1.61. The molecule has 2 aromatic carbocycles. The molecule has 0 aliphatic carbocycles. The molecule has 0 atom stereocenters. The molecular weight excluding hydrogens is 430 g/mol. The Kier molecular flexibility index (Phi) is 7.59. The van der Waals surface area contributed by atoms with Crippen molar-refractivity contribution >= 4 is 11.8 Å². The first-order chi connectivity index (χ1) is 16.6. The van der Waals surface area contributed by atoms with Gasteiger partial charge in [0, 0.05) is 45.0 Å². The quantitative estimate of drug-likeness (QED) is 0.585. The number of methoxy groups -OCH3 is 1. The van der Waals surface area contributed by atoms with Crippen LogP contribution in [0.1, 0.15) is 22.3 Å². The number of nitrogens with zero attached hydrogens (tertiary/aromatic N) is 4. The third-order valence-electron chi connectivity index (χ3n) is 6.04. The van der Waals surface area contributed by atoms with Crippen molar-refractivity contribution in [3.05, 3.63) is 71.9 Å². The van der Waals surface area contributed by atoms with E-state index in [1.807, 2.05) is 70.4 Å². The van der Waals surface area contributed by atoms with E-state index in [-0.39, 0.29) is 11.8 Å². The molecule has 0 saturated carbocycles. The molecule has 0 bridgehead atoms. The average Bonchev–Trinajstić information content (AvgIpc) is 3.15. The minimum Gasteiger partial charge on any atom is -0.497 e. The average molecular weight is 462 g/mol. The van der Waals surface area contributed by atoms with Gasteiger partial charge < -0.3 is 15.0 Å². The van der Waals surface area contributed by atoms with E-state index in [1.54, 1.807) is 14.2 Å². The predicted molar refractivity (Wildman–Crippen MR) is 131 cm³/mol. The van der Waals surface area contributed by atoms with Crippen LogP contribution < -0.4 is 10.1 Å². The van der Waals surface area contributed by atoms with E-state index in [4.69, 9.17) is 9.84 Å². The number of carbonyl (C=O) groups is 2. The summed E-state index contributed by atoms with van der Waals surface area (Å²) in [7, 11) is 3.27. The van der Waals surface area contributed by atoms with Gasteiger partial charge in [0.15, 0.2) is 0 Å². The van der Waals surface area contributed by atoms with Crippen LogP contribution in [0.3, 0.4) is 0 Å². The largest absolute Gasteiger partial charge is 0.497 e. The lowest BCUT2D eigenvalue weighted by atomic mass is 10.1. The number of carbonyl (C=O) groups excluding carboxylic acids is 2. The number of hydrogen-bond donors (Lipinski definition) is 1. The van der Waals surface area contributed by atoms with Crippen LogP contribution in [0, 0.1) is 0 Å². The number of likely N-dealkylation sites (N-methyl/N-ethyl adjacent to an activating group) is 1. The highest BCUT2D eigenvalue weighted by Gasteiger charge is 2.26. The number of amides is 2. The van der Waals surface area contributed by atoms with Gasteiger partial charge in [0.05, 0.1) is 25.8 Å². The van der Waals surface area contributed by atoms with Crippen LogP contribution in [0.5, 0.6) is 5.75 Å². The maximum Gasteiger partial charge on any atom is 0.257 e. The molecule has 1 aliphatic rings. The minimum atomic E-state index is -0.0427. The minimum absolute atomic E-state index is 0.0118. The Bertz CT molecular complexity index is 1130. The van der Waals surface area contributed by atoms with Gasteiger partial charge in [-0.1, -0.05) is 42.5 Å². The van der Waals surface area contributed by atoms with Crippen molar-refractivity contribution < 1.29 is 14.3 Å². The number of aromatic nitrogens is 2. The highest BCUT2D eigenvalue weighted by Crippen LogP contribution is 2.27. The van der Waals surface area contributed by atoms with Crippen molar-refractivity contribution in [1.82, 2.24) is 24.9 Å². The fourth-order valence-corrected chi connectivity index (χ4v) is 4.20. The Morgan fingerprint density at radius 1 is 1.03 bits per heavy atom. The second-order valence-corrected chi connectivity index (χ2v) is 8.40. The van der Waals surface area contributed by atoms with Crippen LogP contribution in [0.25, 0.3) is 11.3 Å².